The zero-order valence-electron chi connectivity index (χ0n) is 10.3. The predicted molar refractivity (Wildman–Crippen MR) is 62.3 cm³/mol. The van der Waals surface area contributed by atoms with Gasteiger partial charge >= 0.3 is 0 Å². The standard InChI is InChI=1S/C9H20N.H3N.H2O4S/c1-10(2,3)9-7-5-4-6-8-9;;1-5(2,3)4/h9H,4-8H2,1-3H3;1H3;(H2,1,2,3,4)/q+1;;/p-1. The van der Waals surface area contributed by atoms with Crippen LogP contribution >= 0.6 is 0 Å². The van der Waals surface area contributed by atoms with E-state index in [0.29, 0.717) is 0 Å². The molecular formula is C9H24N2O4S. The summed E-state index contributed by atoms with van der Waals surface area (Å²) in [4.78, 5) is 0. The van der Waals surface area contributed by atoms with Gasteiger partial charge in [-0.1, -0.05) is 6.42 Å². The SMILES string of the molecule is C[N+](C)(C)C1CCCCC1.N.O=S(=O)([O-])O. The zero-order chi connectivity index (χ0) is 12.1. The summed E-state index contributed by atoms with van der Waals surface area (Å²) in [6, 6.07) is 0.939. The Bertz CT molecular complexity index is 258. The second kappa shape index (κ2) is 7.18. The molecule has 100 valence electrons. The molecule has 16 heavy (non-hydrogen) atoms. The summed E-state index contributed by atoms with van der Waals surface area (Å²) >= 11 is 0. The van der Waals surface area contributed by atoms with E-state index in [0.717, 1.165) is 6.04 Å². The van der Waals surface area contributed by atoms with Crippen LogP contribution in [-0.2, 0) is 10.4 Å². The topological polar surface area (TPSA) is 112 Å². The molecule has 4 N–H and O–H groups in total. The van der Waals surface area contributed by atoms with Crippen molar-refractivity contribution in [3.8, 4) is 0 Å². The first-order chi connectivity index (χ1) is 6.61. The van der Waals surface area contributed by atoms with Crippen LogP contribution in [0.4, 0.5) is 0 Å². The smallest absolute Gasteiger partial charge is 0.215 e. The molecule has 0 aromatic carbocycles. The lowest BCUT2D eigenvalue weighted by Crippen LogP contribution is -2.45. The Morgan fingerprint density at radius 2 is 1.44 bits per heavy atom. The van der Waals surface area contributed by atoms with E-state index < -0.39 is 10.4 Å². The summed E-state index contributed by atoms with van der Waals surface area (Å²) < 4.78 is 34.0. The van der Waals surface area contributed by atoms with Gasteiger partial charge in [0.05, 0.1) is 27.2 Å². The van der Waals surface area contributed by atoms with E-state index in [9.17, 15) is 0 Å². The molecule has 0 bridgehead atoms. The van der Waals surface area contributed by atoms with E-state index in [1.54, 1.807) is 0 Å². The van der Waals surface area contributed by atoms with Crippen LogP contribution in [0.15, 0.2) is 0 Å². The van der Waals surface area contributed by atoms with Crippen molar-refractivity contribution in [1.82, 2.24) is 6.15 Å². The van der Waals surface area contributed by atoms with Crippen LogP contribution in [0.2, 0.25) is 0 Å². The molecule has 1 fully saturated rings. The van der Waals surface area contributed by atoms with Crippen molar-refractivity contribution in [3.05, 3.63) is 0 Å². The third-order valence-corrected chi connectivity index (χ3v) is 2.67. The second-order valence-electron chi connectivity index (χ2n) is 4.84. The highest BCUT2D eigenvalue weighted by Crippen LogP contribution is 2.23. The normalized spacial score (nSPS) is 18.1. The zero-order valence-corrected chi connectivity index (χ0v) is 11.2. The van der Waals surface area contributed by atoms with E-state index in [2.05, 4.69) is 21.1 Å². The Balaban J connectivity index is 0. The summed E-state index contributed by atoms with van der Waals surface area (Å²) in [7, 11) is 2.03. The number of rotatable bonds is 1. The van der Waals surface area contributed by atoms with Gasteiger partial charge in [0.1, 0.15) is 0 Å². The van der Waals surface area contributed by atoms with Crippen molar-refractivity contribution in [3.63, 3.8) is 0 Å². The molecule has 0 aromatic rings. The van der Waals surface area contributed by atoms with Gasteiger partial charge in [0.2, 0.25) is 10.4 Å². The molecular weight excluding hydrogens is 232 g/mol. The quantitative estimate of drug-likeness (QED) is 0.415. The van der Waals surface area contributed by atoms with Crippen molar-refractivity contribution in [2.75, 3.05) is 21.1 Å². The summed E-state index contributed by atoms with van der Waals surface area (Å²) in [6.07, 6.45) is 7.28. The summed E-state index contributed by atoms with van der Waals surface area (Å²) in [5.41, 5.74) is 0. The maximum atomic E-state index is 8.63. The van der Waals surface area contributed by atoms with Crippen molar-refractivity contribution >= 4 is 10.4 Å². The van der Waals surface area contributed by atoms with Gasteiger partial charge in [-0.3, -0.25) is 4.55 Å². The van der Waals surface area contributed by atoms with Gasteiger partial charge in [-0.05, 0) is 25.7 Å². The molecule has 0 aromatic heterocycles. The van der Waals surface area contributed by atoms with E-state index in [1.807, 2.05) is 0 Å². The monoisotopic (exact) mass is 256 g/mol. The van der Waals surface area contributed by atoms with Gasteiger partial charge in [0, 0.05) is 0 Å². The summed E-state index contributed by atoms with van der Waals surface area (Å²) in [5.74, 6) is 0. The van der Waals surface area contributed by atoms with Gasteiger partial charge in [-0.15, -0.1) is 0 Å². The highest BCUT2D eigenvalue weighted by atomic mass is 32.3. The number of hydrogen-bond acceptors (Lipinski definition) is 4. The molecule has 0 heterocycles. The van der Waals surface area contributed by atoms with E-state index >= 15 is 0 Å². The van der Waals surface area contributed by atoms with Crippen LogP contribution in [0.3, 0.4) is 0 Å². The van der Waals surface area contributed by atoms with Crippen molar-refractivity contribution in [1.29, 1.82) is 0 Å². The minimum atomic E-state index is -4.92. The lowest BCUT2D eigenvalue weighted by molar-refractivity contribution is -0.897. The van der Waals surface area contributed by atoms with Crippen molar-refractivity contribution in [2.45, 2.75) is 38.1 Å². The Morgan fingerprint density at radius 3 is 1.62 bits per heavy atom. The van der Waals surface area contributed by atoms with Gasteiger partial charge in [0.15, 0.2) is 0 Å². The molecule has 1 aliphatic carbocycles. The Morgan fingerprint density at radius 1 is 1.12 bits per heavy atom. The van der Waals surface area contributed by atoms with Gasteiger partial charge in [-0.25, -0.2) is 8.42 Å². The first kappa shape index (κ1) is 18.2. The van der Waals surface area contributed by atoms with Crippen LogP contribution in [0.1, 0.15) is 32.1 Å². The van der Waals surface area contributed by atoms with Crippen LogP contribution in [0.25, 0.3) is 0 Å². The number of quaternary nitrogens is 1. The molecule has 0 radical (unpaired) electrons. The van der Waals surface area contributed by atoms with Crippen LogP contribution in [0.5, 0.6) is 0 Å². The van der Waals surface area contributed by atoms with E-state index in [1.165, 1.54) is 36.6 Å². The van der Waals surface area contributed by atoms with Gasteiger partial charge < -0.3 is 15.2 Å². The largest absolute Gasteiger partial charge is 0.726 e. The Kier molecular flexibility index (Phi) is 8.15. The molecule has 6 nitrogen and oxygen atoms in total. The van der Waals surface area contributed by atoms with Gasteiger partial charge in [0.25, 0.3) is 0 Å². The van der Waals surface area contributed by atoms with Crippen molar-refractivity contribution in [2.24, 2.45) is 0 Å². The highest BCUT2D eigenvalue weighted by molar-refractivity contribution is 7.79. The molecule has 1 rings (SSSR count). The summed E-state index contributed by atoms with van der Waals surface area (Å²) in [6.45, 7) is 0. The first-order valence-corrected chi connectivity index (χ1v) is 6.46. The van der Waals surface area contributed by atoms with Crippen LogP contribution in [0, 0.1) is 0 Å². The number of hydrogen-bond donors (Lipinski definition) is 2. The highest BCUT2D eigenvalue weighted by Gasteiger charge is 2.24. The number of nitrogens with zero attached hydrogens (tertiary/aromatic N) is 1. The molecule has 7 heteroatoms. The Labute approximate surface area is 98.4 Å². The first-order valence-electron chi connectivity index (χ1n) is 5.10. The van der Waals surface area contributed by atoms with Crippen LogP contribution < -0.4 is 6.15 Å². The molecule has 0 aliphatic heterocycles. The molecule has 0 spiro atoms. The van der Waals surface area contributed by atoms with Crippen molar-refractivity contribution < 1.29 is 22.0 Å². The maximum Gasteiger partial charge on any atom is 0.215 e. The van der Waals surface area contributed by atoms with E-state index in [-0.39, 0.29) is 6.15 Å². The second-order valence-corrected chi connectivity index (χ2v) is 5.69. The molecule has 0 saturated heterocycles. The fraction of sp³-hybridized carbons (Fsp3) is 1.00. The van der Waals surface area contributed by atoms with Gasteiger partial charge in [-0.2, -0.15) is 0 Å². The molecule has 1 saturated carbocycles. The molecule has 0 atom stereocenters. The summed E-state index contributed by atoms with van der Waals surface area (Å²) in [5, 5.41) is 0. The average Bonchev–Trinajstić information content (AvgIpc) is 2.01. The molecule has 0 unspecified atom stereocenters. The third kappa shape index (κ3) is 11.9. The fourth-order valence-corrected chi connectivity index (χ4v) is 1.86. The predicted octanol–water partition coefficient (Wildman–Crippen LogP) is 1.19. The maximum absolute atomic E-state index is 8.63. The van der Waals surface area contributed by atoms with E-state index in [4.69, 9.17) is 17.5 Å². The Hall–Kier alpha value is -0.210. The average molecular weight is 256 g/mol. The molecule has 0 amide bonds. The van der Waals surface area contributed by atoms with Crippen LogP contribution in [-0.4, -0.2) is 49.2 Å². The minimum Gasteiger partial charge on any atom is -0.726 e. The molecule has 1 aliphatic rings. The fourth-order valence-electron chi connectivity index (χ4n) is 1.86. The lowest BCUT2D eigenvalue weighted by Gasteiger charge is -2.36. The lowest BCUT2D eigenvalue weighted by atomic mass is 9.94. The minimum absolute atomic E-state index is 0. The third-order valence-electron chi connectivity index (χ3n) is 2.67.